The van der Waals surface area contributed by atoms with Crippen molar-refractivity contribution in [2.75, 3.05) is 14.2 Å². The Balaban J connectivity index is 2.71. The molecule has 1 aromatic carbocycles. The standard InChI is InChI=1S/C9H9IN2O2/c1-13-7-3-5-6(4-8(7)14-2)11-12-9(5)10/h3-4H,1-2H3,(H,11,12). The van der Waals surface area contributed by atoms with Crippen molar-refractivity contribution in [2.24, 2.45) is 0 Å². The van der Waals surface area contributed by atoms with E-state index in [1.807, 2.05) is 12.1 Å². The first-order valence-corrected chi connectivity index (χ1v) is 5.09. The molecule has 0 aliphatic rings. The predicted molar refractivity (Wildman–Crippen MR) is 61.9 cm³/mol. The average Bonchev–Trinajstić information content (AvgIpc) is 2.58. The van der Waals surface area contributed by atoms with Crippen molar-refractivity contribution in [3.63, 3.8) is 0 Å². The number of fused-ring (bicyclic) bond motifs is 1. The molecular weight excluding hydrogens is 295 g/mol. The molecule has 2 aromatic rings. The van der Waals surface area contributed by atoms with Crippen LogP contribution in [0.1, 0.15) is 0 Å². The molecule has 0 fully saturated rings. The van der Waals surface area contributed by atoms with Gasteiger partial charge in [-0.25, -0.2) is 0 Å². The van der Waals surface area contributed by atoms with Crippen LogP contribution in [-0.2, 0) is 0 Å². The maximum atomic E-state index is 5.20. The third-order valence-electron chi connectivity index (χ3n) is 2.01. The second kappa shape index (κ2) is 3.64. The van der Waals surface area contributed by atoms with Gasteiger partial charge < -0.3 is 9.47 Å². The number of halogens is 1. The highest BCUT2D eigenvalue weighted by Gasteiger charge is 2.09. The predicted octanol–water partition coefficient (Wildman–Crippen LogP) is 2.18. The van der Waals surface area contributed by atoms with E-state index in [1.54, 1.807) is 14.2 Å². The summed E-state index contributed by atoms with van der Waals surface area (Å²) in [6.07, 6.45) is 0. The molecule has 5 heteroatoms. The number of rotatable bonds is 2. The normalized spacial score (nSPS) is 10.5. The monoisotopic (exact) mass is 304 g/mol. The summed E-state index contributed by atoms with van der Waals surface area (Å²) >= 11 is 2.20. The molecule has 0 spiro atoms. The molecule has 4 nitrogen and oxygen atoms in total. The lowest BCUT2D eigenvalue weighted by molar-refractivity contribution is 0.356. The van der Waals surface area contributed by atoms with Crippen LogP contribution in [0, 0.1) is 3.70 Å². The van der Waals surface area contributed by atoms with Gasteiger partial charge in [0.25, 0.3) is 0 Å². The van der Waals surface area contributed by atoms with Crippen molar-refractivity contribution in [1.29, 1.82) is 0 Å². The van der Waals surface area contributed by atoms with Gasteiger partial charge in [0.05, 0.1) is 19.7 Å². The van der Waals surface area contributed by atoms with Gasteiger partial charge in [0.2, 0.25) is 0 Å². The van der Waals surface area contributed by atoms with Crippen LogP contribution in [0.2, 0.25) is 0 Å². The van der Waals surface area contributed by atoms with Crippen LogP contribution in [0.3, 0.4) is 0 Å². The minimum Gasteiger partial charge on any atom is -0.493 e. The molecule has 74 valence electrons. The largest absolute Gasteiger partial charge is 0.493 e. The molecule has 0 saturated heterocycles. The lowest BCUT2D eigenvalue weighted by atomic mass is 10.2. The number of hydrogen-bond acceptors (Lipinski definition) is 3. The molecule has 0 atom stereocenters. The summed E-state index contributed by atoms with van der Waals surface area (Å²) in [5.74, 6) is 1.42. The fourth-order valence-corrected chi connectivity index (χ4v) is 1.86. The number of ether oxygens (including phenoxy) is 2. The van der Waals surface area contributed by atoms with Gasteiger partial charge in [-0.05, 0) is 28.7 Å². The zero-order valence-corrected chi connectivity index (χ0v) is 9.95. The third kappa shape index (κ3) is 1.41. The van der Waals surface area contributed by atoms with Gasteiger partial charge in [-0.1, -0.05) is 0 Å². The molecular formula is C9H9IN2O2. The molecule has 0 aliphatic heterocycles. The Morgan fingerprint density at radius 1 is 1.21 bits per heavy atom. The summed E-state index contributed by atoms with van der Waals surface area (Å²) in [5, 5.41) is 8.08. The van der Waals surface area contributed by atoms with Crippen LogP contribution in [-0.4, -0.2) is 24.4 Å². The summed E-state index contributed by atoms with van der Waals surface area (Å²) in [7, 11) is 3.23. The maximum absolute atomic E-state index is 5.20. The number of hydrogen-bond donors (Lipinski definition) is 1. The second-order valence-electron chi connectivity index (χ2n) is 2.76. The summed E-state index contributed by atoms with van der Waals surface area (Å²) in [4.78, 5) is 0. The van der Waals surface area contributed by atoms with Crippen LogP contribution in [0.5, 0.6) is 11.5 Å². The van der Waals surface area contributed by atoms with E-state index in [2.05, 4.69) is 32.8 Å². The molecule has 0 radical (unpaired) electrons. The Bertz CT molecular complexity index is 467. The van der Waals surface area contributed by atoms with Gasteiger partial charge in [-0.2, -0.15) is 5.10 Å². The van der Waals surface area contributed by atoms with Crippen molar-refractivity contribution < 1.29 is 9.47 Å². The molecule has 2 rings (SSSR count). The van der Waals surface area contributed by atoms with Gasteiger partial charge in [-0.3, -0.25) is 5.10 Å². The molecule has 0 amide bonds. The topological polar surface area (TPSA) is 47.1 Å². The fraction of sp³-hybridized carbons (Fsp3) is 0.222. The number of aromatic amines is 1. The fourth-order valence-electron chi connectivity index (χ4n) is 1.31. The van der Waals surface area contributed by atoms with Crippen LogP contribution in [0.15, 0.2) is 12.1 Å². The van der Waals surface area contributed by atoms with Gasteiger partial charge in [-0.15, -0.1) is 0 Å². The molecule has 1 aromatic heterocycles. The highest BCUT2D eigenvalue weighted by Crippen LogP contribution is 2.32. The van der Waals surface area contributed by atoms with Crippen LogP contribution in [0.4, 0.5) is 0 Å². The number of nitrogens with one attached hydrogen (secondary N) is 1. The Kier molecular flexibility index (Phi) is 2.49. The lowest BCUT2D eigenvalue weighted by Crippen LogP contribution is -1.89. The van der Waals surface area contributed by atoms with E-state index >= 15 is 0 Å². The molecule has 0 aliphatic carbocycles. The van der Waals surface area contributed by atoms with Crippen molar-refractivity contribution in [2.45, 2.75) is 0 Å². The minimum absolute atomic E-state index is 0.697. The van der Waals surface area contributed by atoms with Crippen molar-refractivity contribution >= 4 is 33.5 Å². The van der Waals surface area contributed by atoms with Gasteiger partial charge >= 0.3 is 0 Å². The zero-order chi connectivity index (χ0) is 10.1. The summed E-state index contributed by atoms with van der Waals surface area (Å²) in [6.45, 7) is 0. The molecule has 0 unspecified atom stereocenters. The molecule has 14 heavy (non-hydrogen) atoms. The molecule has 0 saturated carbocycles. The number of methoxy groups -OCH3 is 2. The molecule has 1 heterocycles. The SMILES string of the molecule is COc1cc2n[nH]c(I)c2cc1OC. The Labute approximate surface area is 94.7 Å². The van der Waals surface area contributed by atoms with E-state index in [-0.39, 0.29) is 0 Å². The van der Waals surface area contributed by atoms with E-state index in [9.17, 15) is 0 Å². The van der Waals surface area contributed by atoms with Crippen molar-refractivity contribution in [1.82, 2.24) is 10.2 Å². The van der Waals surface area contributed by atoms with Gasteiger partial charge in [0, 0.05) is 11.5 Å². The number of benzene rings is 1. The Hall–Kier alpha value is -0.980. The van der Waals surface area contributed by atoms with E-state index in [0.29, 0.717) is 5.75 Å². The number of H-pyrrole nitrogens is 1. The highest BCUT2D eigenvalue weighted by molar-refractivity contribution is 14.1. The number of nitrogens with zero attached hydrogens (tertiary/aromatic N) is 1. The third-order valence-corrected chi connectivity index (χ3v) is 2.84. The Morgan fingerprint density at radius 2 is 1.86 bits per heavy atom. The van der Waals surface area contributed by atoms with E-state index in [0.717, 1.165) is 20.4 Å². The van der Waals surface area contributed by atoms with Crippen molar-refractivity contribution in [3.8, 4) is 11.5 Å². The van der Waals surface area contributed by atoms with Gasteiger partial charge in [0.15, 0.2) is 11.5 Å². The quantitative estimate of drug-likeness (QED) is 0.865. The van der Waals surface area contributed by atoms with Crippen LogP contribution in [0.25, 0.3) is 10.9 Å². The zero-order valence-electron chi connectivity index (χ0n) is 7.80. The Morgan fingerprint density at radius 3 is 2.50 bits per heavy atom. The molecule has 1 N–H and O–H groups in total. The first-order chi connectivity index (χ1) is 6.76. The summed E-state index contributed by atoms with van der Waals surface area (Å²) in [6, 6.07) is 3.77. The second-order valence-corrected chi connectivity index (χ2v) is 3.84. The average molecular weight is 304 g/mol. The van der Waals surface area contributed by atoms with E-state index in [4.69, 9.17) is 9.47 Å². The van der Waals surface area contributed by atoms with Gasteiger partial charge in [0.1, 0.15) is 3.70 Å². The lowest BCUT2D eigenvalue weighted by Gasteiger charge is -2.06. The van der Waals surface area contributed by atoms with Crippen molar-refractivity contribution in [3.05, 3.63) is 15.8 Å². The van der Waals surface area contributed by atoms with Crippen LogP contribution < -0.4 is 9.47 Å². The molecule has 0 bridgehead atoms. The highest BCUT2D eigenvalue weighted by atomic mass is 127. The summed E-state index contributed by atoms with van der Waals surface area (Å²) < 4.78 is 11.4. The first-order valence-electron chi connectivity index (χ1n) is 4.02. The summed E-state index contributed by atoms with van der Waals surface area (Å²) in [5.41, 5.74) is 0.882. The minimum atomic E-state index is 0.697. The number of aromatic nitrogens is 2. The van der Waals surface area contributed by atoms with Crippen LogP contribution >= 0.6 is 22.6 Å². The van der Waals surface area contributed by atoms with E-state index in [1.165, 1.54) is 0 Å². The smallest absolute Gasteiger partial charge is 0.162 e. The first kappa shape index (κ1) is 9.57. The maximum Gasteiger partial charge on any atom is 0.162 e. The van der Waals surface area contributed by atoms with E-state index < -0.39 is 0 Å².